The van der Waals surface area contributed by atoms with E-state index in [1.165, 1.54) is 12.5 Å². The van der Waals surface area contributed by atoms with E-state index in [0.717, 1.165) is 0 Å². The summed E-state index contributed by atoms with van der Waals surface area (Å²) in [4.78, 5) is 0. The number of hydrogen-bond acceptors (Lipinski definition) is 4. The van der Waals surface area contributed by atoms with E-state index in [-0.39, 0.29) is 13.0 Å². The number of hydrogen-bond donors (Lipinski definition) is 3. The smallest absolute Gasteiger partial charge is 0.108 e. The highest BCUT2D eigenvalue weighted by molar-refractivity contribution is 5.10. The van der Waals surface area contributed by atoms with Crippen LogP contribution in [-0.2, 0) is 0 Å². The second kappa shape index (κ2) is 4.25. The lowest BCUT2D eigenvalue weighted by Crippen LogP contribution is -2.18. The molecule has 1 aromatic heterocycles. The summed E-state index contributed by atoms with van der Waals surface area (Å²) >= 11 is 0. The molecule has 0 saturated heterocycles. The van der Waals surface area contributed by atoms with Gasteiger partial charge in [-0.1, -0.05) is 0 Å². The largest absolute Gasteiger partial charge is 0.472 e. The van der Waals surface area contributed by atoms with Crippen molar-refractivity contribution in [2.24, 2.45) is 0 Å². The molecule has 4 heteroatoms. The Kier molecular flexibility index (Phi) is 3.28. The molecule has 1 heterocycles. The summed E-state index contributed by atoms with van der Waals surface area (Å²) in [6.45, 7) is -0.143. The fraction of sp³-hybridized carbons (Fsp3) is 0.500. The Balaban J connectivity index is 2.53. The summed E-state index contributed by atoms with van der Waals surface area (Å²) in [5, 5.41) is 27.1. The monoisotopic (exact) mass is 172 g/mol. The van der Waals surface area contributed by atoms with Gasteiger partial charge in [-0.25, -0.2) is 0 Å². The molecule has 0 fully saturated rings. The Morgan fingerprint density at radius 2 is 2.17 bits per heavy atom. The zero-order valence-electron chi connectivity index (χ0n) is 6.55. The van der Waals surface area contributed by atoms with Crippen molar-refractivity contribution in [2.75, 3.05) is 6.61 Å². The average molecular weight is 172 g/mol. The Morgan fingerprint density at radius 3 is 2.67 bits per heavy atom. The summed E-state index contributed by atoms with van der Waals surface area (Å²) in [6.07, 6.45) is 1.03. The highest BCUT2D eigenvalue weighted by Gasteiger charge is 2.18. The molecule has 4 nitrogen and oxygen atoms in total. The van der Waals surface area contributed by atoms with Gasteiger partial charge in [0.05, 0.1) is 18.6 Å². The predicted octanol–water partition coefficient (Wildman–Crippen LogP) is 0.0563. The van der Waals surface area contributed by atoms with E-state index in [4.69, 9.17) is 9.52 Å². The third-order valence-electron chi connectivity index (χ3n) is 1.67. The van der Waals surface area contributed by atoms with Crippen LogP contribution < -0.4 is 0 Å². The molecule has 0 aliphatic carbocycles. The second-order valence-corrected chi connectivity index (χ2v) is 2.58. The first-order chi connectivity index (χ1) is 5.75. The molecule has 0 radical (unpaired) electrons. The first-order valence-corrected chi connectivity index (χ1v) is 3.74. The van der Waals surface area contributed by atoms with Crippen LogP contribution in [0, 0.1) is 0 Å². The van der Waals surface area contributed by atoms with Gasteiger partial charge in [0.15, 0.2) is 0 Å². The fourth-order valence-electron chi connectivity index (χ4n) is 0.956. The van der Waals surface area contributed by atoms with Crippen molar-refractivity contribution in [3.63, 3.8) is 0 Å². The van der Waals surface area contributed by atoms with Crippen LogP contribution in [0.1, 0.15) is 18.1 Å². The molecule has 0 spiro atoms. The number of aliphatic hydroxyl groups excluding tert-OH is 3. The maximum Gasteiger partial charge on any atom is 0.108 e. The minimum atomic E-state index is -0.976. The lowest BCUT2D eigenvalue weighted by atomic mass is 10.1. The van der Waals surface area contributed by atoms with Crippen molar-refractivity contribution >= 4 is 0 Å². The van der Waals surface area contributed by atoms with Gasteiger partial charge in [0, 0.05) is 12.2 Å². The third-order valence-corrected chi connectivity index (χ3v) is 1.67. The van der Waals surface area contributed by atoms with Crippen LogP contribution in [-0.4, -0.2) is 28.0 Å². The molecule has 12 heavy (non-hydrogen) atoms. The van der Waals surface area contributed by atoms with Gasteiger partial charge in [0.1, 0.15) is 6.10 Å². The molecule has 68 valence electrons. The molecule has 0 amide bonds. The third kappa shape index (κ3) is 2.07. The predicted molar refractivity (Wildman–Crippen MR) is 41.4 cm³/mol. The molecule has 2 unspecified atom stereocenters. The SMILES string of the molecule is OCCC(O)C(O)c1ccoc1. The van der Waals surface area contributed by atoms with Crippen LogP contribution >= 0.6 is 0 Å². The Bertz CT molecular complexity index is 207. The van der Waals surface area contributed by atoms with Gasteiger partial charge in [-0.15, -0.1) is 0 Å². The molecule has 0 bridgehead atoms. The van der Waals surface area contributed by atoms with Crippen molar-refractivity contribution in [1.82, 2.24) is 0 Å². The van der Waals surface area contributed by atoms with Gasteiger partial charge in [-0.2, -0.15) is 0 Å². The number of aliphatic hydroxyl groups is 3. The minimum absolute atomic E-state index is 0.143. The molecule has 0 saturated carbocycles. The second-order valence-electron chi connectivity index (χ2n) is 2.58. The number of rotatable bonds is 4. The summed E-state index contributed by atoms with van der Waals surface area (Å²) in [5.41, 5.74) is 0.524. The van der Waals surface area contributed by atoms with Gasteiger partial charge in [-0.05, 0) is 12.5 Å². The van der Waals surface area contributed by atoms with Crippen molar-refractivity contribution in [3.8, 4) is 0 Å². The maximum atomic E-state index is 9.39. The topological polar surface area (TPSA) is 73.8 Å². The van der Waals surface area contributed by atoms with E-state index in [1.807, 2.05) is 0 Å². The standard InChI is InChI=1S/C8H12O4/c9-3-1-7(10)8(11)6-2-4-12-5-6/h2,4-5,7-11H,1,3H2. The van der Waals surface area contributed by atoms with Crippen LogP contribution in [0.2, 0.25) is 0 Å². The zero-order valence-corrected chi connectivity index (χ0v) is 6.55. The van der Waals surface area contributed by atoms with Crippen LogP contribution in [0.5, 0.6) is 0 Å². The van der Waals surface area contributed by atoms with Crippen molar-refractivity contribution < 1.29 is 19.7 Å². The Labute approximate surface area is 70.1 Å². The summed E-state index contributed by atoms with van der Waals surface area (Å²) in [6, 6.07) is 1.57. The normalized spacial score (nSPS) is 15.9. The van der Waals surface area contributed by atoms with E-state index in [2.05, 4.69) is 0 Å². The van der Waals surface area contributed by atoms with Gasteiger partial charge in [0.2, 0.25) is 0 Å². The summed E-state index contributed by atoms with van der Waals surface area (Å²) in [7, 11) is 0. The van der Waals surface area contributed by atoms with Crippen molar-refractivity contribution in [2.45, 2.75) is 18.6 Å². The van der Waals surface area contributed by atoms with E-state index in [9.17, 15) is 10.2 Å². The first kappa shape index (κ1) is 9.25. The van der Waals surface area contributed by atoms with E-state index in [1.54, 1.807) is 6.07 Å². The lowest BCUT2D eigenvalue weighted by Gasteiger charge is -2.14. The van der Waals surface area contributed by atoms with Crippen LogP contribution in [0.25, 0.3) is 0 Å². The Morgan fingerprint density at radius 1 is 1.42 bits per heavy atom. The average Bonchev–Trinajstić information content (AvgIpc) is 2.55. The molecule has 1 rings (SSSR count). The minimum Gasteiger partial charge on any atom is -0.472 e. The van der Waals surface area contributed by atoms with E-state index >= 15 is 0 Å². The first-order valence-electron chi connectivity index (χ1n) is 3.74. The zero-order chi connectivity index (χ0) is 8.97. The summed E-state index contributed by atoms with van der Waals surface area (Å²) < 4.78 is 4.73. The van der Waals surface area contributed by atoms with Crippen LogP contribution in [0.15, 0.2) is 23.0 Å². The molecular weight excluding hydrogens is 160 g/mol. The van der Waals surface area contributed by atoms with Gasteiger partial charge in [-0.3, -0.25) is 0 Å². The van der Waals surface area contributed by atoms with E-state index < -0.39 is 12.2 Å². The fourth-order valence-corrected chi connectivity index (χ4v) is 0.956. The van der Waals surface area contributed by atoms with Gasteiger partial charge in [0.25, 0.3) is 0 Å². The molecule has 0 aromatic carbocycles. The molecule has 0 aliphatic rings. The maximum absolute atomic E-state index is 9.39. The molecule has 2 atom stereocenters. The quantitative estimate of drug-likeness (QED) is 0.600. The van der Waals surface area contributed by atoms with E-state index in [0.29, 0.717) is 5.56 Å². The van der Waals surface area contributed by atoms with Crippen molar-refractivity contribution in [3.05, 3.63) is 24.2 Å². The van der Waals surface area contributed by atoms with Gasteiger partial charge < -0.3 is 19.7 Å². The Hall–Kier alpha value is -0.840. The lowest BCUT2D eigenvalue weighted by molar-refractivity contribution is 0.00392. The molecular formula is C8H12O4. The highest BCUT2D eigenvalue weighted by Crippen LogP contribution is 2.18. The highest BCUT2D eigenvalue weighted by atomic mass is 16.3. The summed E-state index contributed by atoms with van der Waals surface area (Å²) in [5.74, 6) is 0. The van der Waals surface area contributed by atoms with Crippen molar-refractivity contribution in [1.29, 1.82) is 0 Å². The van der Waals surface area contributed by atoms with Gasteiger partial charge >= 0.3 is 0 Å². The van der Waals surface area contributed by atoms with Crippen LogP contribution in [0.3, 0.4) is 0 Å². The molecule has 0 aliphatic heterocycles. The van der Waals surface area contributed by atoms with Crippen LogP contribution in [0.4, 0.5) is 0 Å². The molecule has 1 aromatic rings. The molecule has 3 N–H and O–H groups in total. The number of furan rings is 1.